The molecule has 10 heteroatoms. The quantitative estimate of drug-likeness (QED) is 0.314. The number of para-hydroxylation sites is 1. The summed E-state index contributed by atoms with van der Waals surface area (Å²) >= 11 is 0. The van der Waals surface area contributed by atoms with Crippen LogP contribution in [0.15, 0.2) is 52.3 Å². The summed E-state index contributed by atoms with van der Waals surface area (Å²) in [7, 11) is 0. The van der Waals surface area contributed by atoms with Crippen molar-refractivity contribution in [1.29, 1.82) is 0 Å². The molecule has 0 saturated carbocycles. The Balaban J connectivity index is 1.77. The molecule has 40 heavy (non-hydrogen) atoms. The van der Waals surface area contributed by atoms with Crippen LogP contribution in [0.3, 0.4) is 0 Å². The van der Waals surface area contributed by atoms with Crippen LogP contribution in [-0.4, -0.2) is 40.5 Å². The van der Waals surface area contributed by atoms with Crippen LogP contribution in [0.25, 0.3) is 5.69 Å². The molecule has 2 aromatic carbocycles. The van der Waals surface area contributed by atoms with Crippen molar-refractivity contribution in [2.75, 3.05) is 29.0 Å². The van der Waals surface area contributed by atoms with Crippen LogP contribution >= 0.6 is 0 Å². The number of rotatable bonds is 6. The van der Waals surface area contributed by atoms with E-state index in [9.17, 15) is 18.4 Å². The summed E-state index contributed by atoms with van der Waals surface area (Å²) in [5.41, 5.74) is 6.75. The number of carbonyl (C=O) groups is 1. The van der Waals surface area contributed by atoms with E-state index in [0.717, 1.165) is 43.4 Å². The van der Waals surface area contributed by atoms with Crippen molar-refractivity contribution in [1.82, 2.24) is 9.78 Å². The Morgan fingerprint density at radius 1 is 1.07 bits per heavy atom. The molecular formula is C30H36F2N6O2. The van der Waals surface area contributed by atoms with Crippen LogP contribution in [0.5, 0.6) is 0 Å². The molecule has 1 saturated heterocycles. The summed E-state index contributed by atoms with van der Waals surface area (Å²) in [6.45, 7) is 14.2. The molecule has 0 unspecified atom stereocenters. The lowest BCUT2D eigenvalue weighted by molar-refractivity contribution is 0.102. The van der Waals surface area contributed by atoms with E-state index in [2.05, 4.69) is 56.9 Å². The summed E-state index contributed by atoms with van der Waals surface area (Å²) in [6.07, 6.45) is 2.75. The Morgan fingerprint density at radius 2 is 1.75 bits per heavy atom. The first kappa shape index (κ1) is 28.9. The van der Waals surface area contributed by atoms with Gasteiger partial charge in [0, 0.05) is 36.6 Å². The third-order valence-corrected chi connectivity index (χ3v) is 7.77. The molecule has 0 spiro atoms. The third kappa shape index (κ3) is 5.76. The Bertz CT molecular complexity index is 1500. The van der Waals surface area contributed by atoms with Gasteiger partial charge in [0.2, 0.25) is 0 Å². The second-order valence-corrected chi connectivity index (χ2v) is 11.9. The monoisotopic (exact) mass is 550 g/mol. The molecule has 3 aromatic rings. The standard InChI is InChI=1S/C30H36F2N6O2/c1-18-14-15-37(17-18)26-19(16-34-30(5,6)29(2,3)4)22(33)10-11-23(26)35-28(40)24-12-13-25(39)38(36-24)27-20(31)8-7-9-21(27)32/h7-13,16,18H,14-15,17,33H2,1-6H3,(H,35,40)/t18-/m0/s1. The molecule has 3 N–H and O–H groups in total. The van der Waals surface area contributed by atoms with Crippen LogP contribution in [-0.2, 0) is 0 Å². The molecular weight excluding hydrogens is 514 g/mol. The summed E-state index contributed by atoms with van der Waals surface area (Å²) in [6, 6.07) is 8.89. The number of nitrogens with zero attached hydrogens (tertiary/aromatic N) is 4. The maximum Gasteiger partial charge on any atom is 0.276 e. The van der Waals surface area contributed by atoms with Gasteiger partial charge in [-0.15, -0.1) is 0 Å². The average molecular weight is 551 g/mol. The number of nitrogens with two attached hydrogens (primary N) is 1. The predicted molar refractivity (Wildman–Crippen MR) is 156 cm³/mol. The highest BCUT2D eigenvalue weighted by Crippen LogP contribution is 2.38. The van der Waals surface area contributed by atoms with Gasteiger partial charge >= 0.3 is 0 Å². The van der Waals surface area contributed by atoms with Gasteiger partial charge in [-0.05, 0) is 61.9 Å². The van der Waals surface area contributed by atoms with Crippen LogP contribution in [0.4, 0.5) is 25.8 Å². The van der Waals surface area contributed by atoms with E-state index in [1.807, 2.05) is 0 Å². The fourth-order valence-corrected chi connectivity index (χ4v) is 4.33. The van der Waals surface area contributed by atoms with Gasteiger partial charge in [-0.2, -0.15) is 9.78 Å². The molecule has 0 radical (unpaired) electrons. The van der Waals surface area contributed by atoms with Crippen LogP contribution in [0.2, 0.25) is 0 Å². The van der Waals surface area contributed by atoms with Gasteiger partial charge in [0.1, 0.15) is 11.4 Å². The smallest absolute Gasteiger partial charge is 0.276 e. The number of amides is 1. The molecule has 0 aliphatic carbocycles. The number of halogens is 2. The number of nitrogen functional groups attached to an aromatic ring is 1. The van der Waals surface area contributed by atoms with Crippen molar-refractivity contribution in [2.24, 2.45) is 16.3 Å². The van der Waals surface area contributed by atoms with Gasteiger partial charge in [-0.25, -0.2) is 8.78 Å². The molecule has 1 atom stereocenters. The molecule has 8 nitrogen and oxygen atoms in total. The van der Waals surface area contributed by atoms with Crippen molar-refractivity contribution in [3.63, 3.8) is 0 Å². The van der Waals surface area contributed by atoms with E-state index in [0.29, 0.717) is 27.5 Å². The van der Waals surface area contributed by atoms with Crippen LogP contribution in [0, 0.1) is 23.0 Å². The maximum atomic E-state index is 14.4. The zero-order chi connectivity index (χ0) is 29.4. The Hall–Kier alpha value is -4.08. The van der Waals surface area contributed by atoms with Crippen LogP contribution < -0.4 is 21.5 Å². The number of nitrogens with one attached hydrogen (secondary N) is 1. The van der Waals surface area contributed by atoms with Crippen molar-refractivity contribution in [3.8, 4) is 5.69 Å². The molecule has 1 aliphatic rings. The molecule has 1 amide bonds. The fraction of sp³-hybridized carbons (Fsp3) is 0.400. The van der Waals surface area contributed by atoms with Crippen molar-refractivity contribution >= 4 is 29.2 Å². The van der Waals surface area contributed by atoms with Gasteiger partial charge in [0.15, 0.2) is 11.6 Å². The molecule has 212 valence electrons. The normalized spacial score (nSPS) is 16.1. The van der Waals surface area contributed by atoms with Gasteiger partial charge in [0.25, 0.3) is 11.5 Å². The van der Waals surface area contributed by atoms with Gasteiger partial charge < -0.3 is 16.0 Å². The van der Waals surface area contributed by atoms with E-state index < -0.39 is 34.3 Å². The topological polar surface area (TPSA) is 106 Å². The zero-order valence-electron chi connectivity index (χ0n) is 23.8. The minimum absolute atomic E-state index is 0.112. The lowest BCUT2D eigenvalue weighted by Gasteiger charge is -2.35. The van der Waals surface area contributed by atoms with Gasteiger partial charge in [-0.1, -0.05) is 33.8 Å². The molecule has 4 rings (SSSR count). The summed E-state index contributed by atoms with van der Waals surface area (Å²) in [5, 5.41) is 6.86. The minimum Gasteiger partial charge on any atom is -0.398 e. The first-order valence-electron chi connectivity index (χ1n) is 13.3. The first-order chi connectivity index (χ1) is 18.7. The van der Waals surface area contributed by atoms with Crippen molar-refractivity contribution in [3.05, 3.63) is 75.7 Å². The highest BCUT2D eigenvalue weighted by Gasteiger charge is 2.32. The fourth-order valence-electron chi connectivity index (χ4n) is 4.33. The highest BCUT2D eigenvalue weighted by molar-refractivity contribution is 6.08. The molecule has 0 bridgehead atoms. The lowest BCUT2D eigenvalue weighted by atomic mass is 9.77. The van der Waals surface area contributed by atoms with Crippen molar-refractivity contribution < 1.29 is 13.6 Å². The van der Waals surface area contributed by atoms with E-state index in [1.54, 1.807) is 18.3 Å². The maximum absolute atomic E-state index is 14.4. The number of aliphatic imine (C=N–C) groups is 1. The number of aromatic nitrogens is 2. The number of benzene rings is 2. The van der Waals surface area contributed by atoms with Crippen LogP contribution in [0.1, 0.15) is 64.0 Å². The first-order valence-corrected chi connectivity index (χ1v) is 13.3. The SMILES string of the molecule is C[C@H]1CCN(c2c(NC(=O)c3ccc(=O)n(-c4c(F)cccc4F)n3)ccc(N)c2C=NC(C)(C)C(C)(C)C)C1. The third-order valence-electron chi connectivity index (χ3n) is 7.77. The Labute approximate surface area is 232 Å². The van der Waals surface area contributed by atoms with Gasteiger partial charge in [-0.3, -0.25) is 14.6 Å². The Morgan fingerprint density at radius 3 is 2.35 bits per heavy atom. The minimum atomic E-state index is -0.974. The molecule has 1 aliphatic heterocycles. The van der Waals surface area contributed by atoms with E-state index in [-0.39, 0.29) is 11.1 Å². The summed E-state index contributed by atoms with van der Waals surface area (Å²) in [4.78, 5) is 32.9. The zero-order valence-corrected chi connectivity index (χ0v) is 23.8. The molecule has 2 heterocycles. The number of hydrogen-bond acceptors (Lipinski definition) is 6. The van der Waals surface area contributed by atoms with Gasteiger partial charge in [0.05, 0.1) is 16.9 Å². The predicted octanol–water partition coefficient (Wildman–Crippen LogP) is 5.44. The second kappa shape index (κ2) is 10.8. The highest BCUT2D eigenvalue weighted by atomic mass is 19.1. The van der Waals surface area contributed by atoms with E-state index in [1.165, 1.54) is 12.1 Å². The average Bonchev–Trinajstić information content (AvgIpc) is 3.30. The second-order valence-electron chi connectivity index (χ2n) is 11.9. The molecule has 1 aromatic heterocycles. The van der Waals surface area contributed by atoms with E-state index >= 15 is 0 Å². The lowest BCUT2D eigenvalue weighted by Crippen LogP contribution is -2.34. The number of carbonyl (C=O) groups excluding carboxylic acids is 1. The van der Waals surface area contributed by atoms with Crippen molar-refractivity contribution in [2.45, 2.75) is 53.5 Å². The molecule has 1 fully saturated rings. The number of anilines is 3. The Kier molecular flexibility index (Phi) is 7.83. The largest absolute Gasteiger partial charge is 0.398 e. The summed E-state index contributed by atoms with van der Waals surface area (Å²) in [5.74, 6) is -2.15. The summed E-state index contributed by atoms with van der Waals surface area (Å²) < 4.78 is 29.3. The number of hydrogen-bond donors (Lipinski definition) is 2. The van der Waals surface area contributed by atoms with E-state index in [4.69, 9.17) is 10.7 Å².